The predicted octanol–water partition coefficient (Wildman–Crippen LogP) is 5.08. The van der Waals surface area contributed by atoms with Gasteiger partial charge in [0, 0.05) is 37.3 Å². The van der Waals surface area contributed by atoms with E-state index in [1.54, 1.807) is 36.4 Å². The van der Waals surface area contributed by atoms with Crippen LogP contribution in [0, 0.1) is 17.1 Å². The van der Waals surface area contributed by atoms with E-state index >= 15 is 4.39 Å². The first kappa shape index (κ1) is 30.1. The summed E-state index contributed by atoms with van der Waals surface area (Å²) in [7, 11) is 2.02. The van der Waals surface area contributed by atoms with Gasteiger partial charge in [-0.25, -0.2) is 4.39 Å². The van der Waals surface area contributed by atoms with Crippen molar-refractivity contribution in [1.82, 2.24) is 14.8 Å². The Kier molecular flexibility index (Phi) is 7.70. The number of thiocarbonyl (C=S) groups is 1. The van der Waals surface area contributed by atoms with Gasteiger partial charge in [0.1, 0.15) is 11.1 Å². The van der Waals surface area contributed by atoms with Gasteiger partial charge in [0.05, 0.1) is 34.9 Å². The van der Waals surface area contributed by atoms with Gasteiger partial charge >= 0.3 is 6.18 Å². The molecule has 2 saturated heterocycles. The van der Waals surface area contributed by atoms with E-state index in [2.05, 4.69) is 9.88 Å². The van der Waals surface area contributed by atoms with Crippen LogP contribution in [0.3, 0.4) is 0 Å². The smallest absolute Gasteiger partial charge is 0.336 e. The lowest BCUT2D eigenvalue weighted by Gasteiger charge is -2.32. The summed E-state index contributed by atoms with van der Waals surface area (Å²) in [6.45, 7) is 5.98. The van der Waals surface area contributed by atoms with Crippen molar-refractivity contribution >= 4 is 40.5 Å². The average molecular weight is 611 g/mol. The highest BCUT2D eigenvalue weighted by Gasteiger charge is 2.52. The molecule has 222 valence electrons. The van der Waals surface area contributed by atoms with Crippen molar-refractivity contribution in [1.29, 1.82) is 5.26 Å². The maximum absolute atomic E-state index is 15.3. The number of hydrogen-bond donors (Lipinski definition) is 0. The van der Waals surface area contributed by atoms with Crippen LogP contribution in [0.5, 0.6) is 0 Å². The molecule has 0 N–H and O–H groups in total. The first-order chi connectivity index (χ1) is 20.3. The SMILES string of the molecule is CN1CCN(C(=O)c2ccc(-c3ccc(N4C(=S)N(c5ccc(C#N)c(C(F)(F)F)c5F)C(=O)C4(C)C)cn3)cc2)CC1. The van der Waals surface area contributed by atoms with Gasteiger partial charge in [-0.3, -0.25) is 19.5 Å². The summed E-state index contributed by atoms with van der Waals surface area (Å²) in [4.78, 5) is 36.9. The van der Waals surface area contributed by atoms with Crippen LogP contribution < -0.4 is 9.80 Å². The Morgan fingerprint density at radius 3 is 2.23 bits per heavy atom. The maximum atomic E-state index is 15.3. The summed E-state index contributed by atoms with van der Waals surface area (Å²) in [6, 6.07) is 13.5. The summed E-state index contributed by atoms with van der Waals surface area (Å²) in [5.41, 5.74) is -2.53. The fourth-order valence-corrected chi connectivity index (χ4v) is 5.73. The van der Waals surface area contributed by atoms with E-state index in [0.717, 1.165) is 30.8 Å². The van der Waals surface area contributed by atoms with Crippen LogP contribution in [-0.4, -0.2) is 70.5 Å². The second-order valence-corrected chi connectivity index (χ2v) is 11.2. The third-order valence-electron chi connectivity index (χ3n) is 7.66. The zero-order valence-corrected chi connectivity index (χ0v) is 24.3. The van der Waals surface area contributed by atoms with Gasteiger partial charge in [-0.2, -0.15) is 18.4 Å². The Labute approximate surface area is 250 Å². The number of carbonyl (C=O) groups is 2. The summed E-state index contributed by atoms with van der Waals surface area (Å²) >= 11 is 5.49. The molecule has 3 heterocycles. The molecule has 0 radical (unpaired) electrons. The topological polar surface area (TPSA) is 83.8 Å². The van der Waals surface area contributed by atoms with Gasteiger partial charge in [0.15, 0.2) is 10.9 Å². The molecule has 0 saturated carbocycles. The van der Waals surface area contributed by atoms with Crippen LogP contribution in [0.25, 0.3) is 11.3 Å². The number of anilines is 2. The highest BCUT2D eigenvalue weighted by Crippen LogP contribution is 2.42. The summed E-state index contributed by atoms with van der Waals surface area (Å²) in [6.07, 6.45) is -3.71. The maximum Gasteiger partial charge on any atom is 0.420 e. The fourth-order valence-electron chi connectivity index (χ4n) is 5.21. The van der Waals surface area contributed by atoms with E-state index in [1.807, 2.05) is 11.9 Å². The lowest BCUT2D eigenvalue weighted by atomic mass is 10.0. The standard InChI is InChI=1S/C30H26F4N6O2S/c1-29(2)27(42)39(23-11-8-20(16-35)24(25(23)31)30(32,33)34)28(43)40(29)21-9-10-22(36-17-21)18-4-6-19(7-5-18)26(41)38-14-12-37(3)13-15-38/h4-11,17H,12-15H2,1-3H3. The third kappa shape index (κ3) is 5.32. The molecule has 2 aliphatic heterocycles. The van der Waals surface area contributed by atoms with Gasteiger partial charge in [0.2, 0.25) is 0 Å². The lowest BCUT2D eigenvalue weighted by Crippen LogP contribution is -2.47. The number of amides is 2. The Bertz CT molecular complexity index is 1640. The molecule has 0 unspecified atom stereocenters. The van der Waals surface area contributed by atoms with Crippen LogP contribution in [0.4, 0.5) is 28.9 Å². The Hall–Kier alpha value is -4.41. The van der Waals surface area contributed by atoms with Crippen molar-refractivity contribution in [3.63, 3.8) is 0 Å². The van der Waals surface area contributed by atoms with E-state index in [-0.39, 0.29) is 11.0 Å². The molecule has 0 spiro atoms. The van der Waals surface area contributed by atoms with E-state index in [0.29, 0.717) is 34.9 Å². The molecule has 13 heteroatoms. The van der Waals surface area contributed by atoms with Crippen LogP contribution in [-0.2, 0) is 11.0 Å². The number of pyridine rings is 1. The molecule has 0 bridgehead atoms. The first-order valence-electron chi connectivity index (χ1n) is 13.3. The predicted molar refractivity (Wildman–Crippen MR) is 156 cm³/mol. The molecule has 5 rings (SSSR count). The van der Waals surface area contributed by atoms with Crippen LogP contribution >= 0.6 is 12.2 Å². The molecule has 43 heavy (non-hydrogen) atoms. The van der Waals surface area contributed by atoms with Gasteiger partial charge in [-0.15, -0.1) is 0 Å². The number of hydrogen-bond acceptors (Lipinski definition) is 6. The van der Waals surface area contributed by atoms with Crippen LogP contribution in [0.15, 0.2) is 54.7 Å². The zero-order chi connectivity index (χ0) is 31.3. The zero-order valence-electron chi connectivity index (χ0n) is 23.4. The number of likely N-dealkylation sites (N-methyl/N-ethyl adjacent to an activating group) is 1. The monoisotopic (exact) mass is 610 g/mol. The summed E-state index contributed by atoms with van der Waals surface area (Å²) in [5.74, 6) is -2.55. The molecular weight excluding hydrogens is 584 g/mol. The van der Waals surface area contributed by atoms with Gasteiger partial charge < -0.3 is 14.7 Å². The normalized spacial score (nSPS) is 17.4. The Balaban J connectivity index is 1.40. The van der Waals surface area contributed by atoms with Gasteiger partial charge in [-0.05, 0) is 69.5 Å². The minimum Gasteiger partial charge on any atom is -0.336 e. The summed E-state index contributed by atoms with van der Waals surface area (Å²) < 4.78 is 56.1. The number of piperazine rings is 1. The largest absolute Gasteiger partial charge is 0.420 e. The summed E-state index contributed by atoms with van der Waals surface area (Å²) in [5, 5.41) is 8.85. The average Bonchev–Trinajstić information content (AvgIpc) is 3.15. The molecule has 8 nitrogen and oxygen atoms in total. The molecule has 2 amide bonds. The lowest BCUT2D eigenvalue weighted by molar-refractivity contribution is -0.140. The number of rotatable bonds is 4. The highest BCUT2D eigenvalue weighted by atomic mass is 32.1. The van der Waals surface area contributed by atoms with Crippen molar-refractivity contribution in [3.8, 4) is 17.3 Å². The number of alkyl halides is 3. The van der Waals surface area contributed by atoms with E-state index in [9.17, 15) is 22.8 Å². The highest BCUT2D eigenvalue weighted by molar-refractivity contribution is 7.81. The molecule has 2 aromatic carbocycles. The number of halogens is 4. The second-order valence-electron chi connectivity index (χ2n) is 10.8. The fraction of sp³-hybridized carbons (Fsp3) is 0.300. The molecule has 0 atom stereocenters. The number of benzene rings is 2. The molecule has 0 aliphatic carbocycles. The van der Waals surface area contributed by atoms with Crippen molar-refractivity contribution in [2.24, 2.45) is 0 Å². The molecule has 2 aliphatic rings. The van der Waals surface area contributed by atoms with Crippen molar-refractivity contribution in [3.05, 3.63) is 77.2 Å². The molecule has 2 fully saturated rings. The van der Waals surface area contributed by atoms with Crippen LogP contribution in [0.2, 0.25) is 0 Å². The number of carbonyl (C=O) groups excluding carboxylic acids is 2. The first-order valence-corrected chi connectivity index (χ1v) is 13.7. The quantitative estimate of drug-likeness (QED) is 0.301. The van der Waals surface area contributed by atoms with Gasteiger partial charge in [0.25, 0.3) is 11.8 Å². The minimum atomic E-state index is -5.17. The molecule has 3 aromatic rings. The second kappa shape index (κ2) is 11.0. The minimum absolute atomic E-state index is 0.0389. The van der Waals surface area contributed by atoms with E-state index < -0.39 is 40.3 Å². The van der Waals surface area contributed by atoms with E-state index in [1.165, 1.54) is 31.0 Å². The van der Waals surface area contributed by atoms with Crippen LogP contribution in [0.1, 0.15) is 35.3 Å². The van der Waals surface area contributed by atoms with Crippen molar-refractivity contribution < 1.29 is 27.2 Å². The van der Waals surface area contributed by atoms with Gasteiger partial charge in [-0.1, -0.05) is 12.1 Å². The number of nitrogens with zero attached hydrogens (tertiary/aromatic N) is 6. The van der Waals surface area contributed by atoms with E-state index in [4.69, 9.17) is 17.5 Å². The number of aromatic nitrogens is 1. The van der Waals surface area contributed by atoms with Crippen molar-refractivity contribution in [2.75, 3.05) is 43.0 Å². The Morgan fingerprint density at radius 2 is 1.67 bits per heavy atom. The molecule has 1 aromatic heterocycles. The third-order valence-corrected chi connectivity index (χ3v) is 8.02. The molecular formula is C30H26F4N6O2S. The number of nitriles is 1. The Morgan fingerprint density at radius 1 is 1.02 bits per heavy atom. The van der Waals surface area contributed by atoms with Crippen molar-refractivity contribution in [2.45, 2.75) is 25.6 Å².